The average Bonchev–Trinajstić information content (AvgIpc) is 2.94. The van der Waals surface area contributed by atoms with E-state index in [9.17, 15) is 4.79 Å². The SMILES string of the molecule is CCn1c(C)c(C)c2cc(C(=O)NCc3cccc(OC)c3OC)ccc21. The van der Waals surface area contributed by atoms with Crippen molar-refractivity contribution in [3.63, 3.8) is 0 Å². The predicted molar refractivity (Wildman–Crippen MR) is 108 cm³/mol. The second kappa shape index (κ2) is 7.74. The van der Waals surface area contributed by atoms with Crippen molar-refractivity contribution in [2.24, 2.45) is 0 Å². The summed E-state index contributed by atoms with van der Waals surface area (Å²) in [7, 11) is 3.20. The summed E-state index contributed by atoms with van der Waals surface area (Å²) in [6, 6.07) is 11.5. The molecule has 1 amide bonds. The molecular formula is C22H26N2O3. The third-order valence-electron chi connectivity index (χ3n) is 5.14. The van der Waals surface area contributed by atoms with Gasteiger partial charge in [-0.1, -0.05) is 12.1 Å². The lowest BCUT2D eigenvalue weighted by atomic mass is 10.1. The van der Waals surface area contributed by atoms with Crippen molar-refractivity contribution in [3.05, 3.63) is 58.8 Å². The van der Waals surface area contributed by atoms with Crippen molar-refractivity contribution in [3.8, 4) is 11.5 Å². The Morgan fingerprint density at radius 2 is 1.89 bits per heavy atom. The molecule has 0 fully saturated rings. The van der Waals surface area contributed by atoms with E-state index in [1.807, 2.05) is 36.4 Å². The van der Waals surface area contributed by atoms with Crippen molar-refractivity contribution < 1.29 is 14.3 Å². The Balaban J connectivity index is 1.84. The summed E-state index contributed by atoms with van der Waals surface area (Å²) < 4.78 is 13.0. The first-order chi connectivity index (χ1) is 13.0. The minimum Gasteiger partial charge on any atom is -0.493 e. The Morgan fingerprint density at radius 3 is 2.56 bits per heavy atom. The van der Waals surface area contributed by atoms with E-state index in [-0.39, 0.29) is 5.91 Å². The highest BCUT2D eigenvalue weighted by molar-refractivity contribution is 5.99. The molecule has 5 nitrogen and oxygen atoms in total. The molecule has 1 heterocycles. The van der Waals surface area contributed by atoms with Crippen LogP contribution in [0.2, 0.25) is 0 Å². The smallest absolute Gasteiger partial charge is 0.251 e. The van der Waals surface area contributed by atoms with Crippen LogP contribution in [-0.4, -0.2) is 24.7 Å². The van der Waals surface area contributed by atoms with Gasteiger partial charge in [0, 0.05) is 40.8 Å². The molecule has 0 unspecified atom stereocenters. The van der Waals surface area contributed by atoms with Crippen molar-refractivity contribution >= 4 is 16.8 Å². The van der Waals surface area contributed by atoms with Gasteiger partial charge in [-0.2, -0.15) is 0 Å². The highest BCUT2D eigenvalue weighted by atomic mass is 16.5. The van der Waals surface area contributed by atoms with E-state index >= 15 is 0 Å². The van der Waals surface area contributed by atoms with Crippen LogP contribution in [0.4, 0.5) is 0 Å². The van der Waals surface area contributed by atoms with Gasteiger partial charge in [0.05, 0.1) is 14.2 Å². The number of carbonyl (C=O) groups excluding carboxylic acids is 1. The molecule has 1 aromatic heterocycles. The molecule has 3 rings (SSSR count). The minimum absolute atomic E-state index is 0.108. The van der Waals surface area contributed by atoms with Crippen LogP contribution in [0.5, 0.6) is 11.5 Å². The van der Waals surface area contributed by atoms with Gasteiger partial charge in [0.15, 0.2) is 11.5 Å². The van der Waals surface area contributed by atoms with Crippen LogP contribution in [0.15, 0.2) is 36.4 Å². The van der Waals surface area contributed by atoms with E-state index in [4.69, 9.17) is 9.47 Å². The number of methoxy groups -OCH3 is 2. The molecule has 142 valence electrons. The van der Waals surface area contributed by atoms with Crippen molar-refractivity contribution in [2.45, 2.75) is 33.9 Å². The summed E-state index contributed by atoms with van der Waals surface area (Å²) >= 11 is 0. The monoisotopic (exact) mass is 366 g/mol. The molecule has 0 aliphatic carbocycles. The number of hydrogen-bond donors (Lipinski definition) is 1. The van der Waals surface area contributed by atoms with Crippen LogP contribution < -0.4 is 14.8 Å². The molecule has 0 bridgehead atoms. The van der Waals surface area contributed by atoms with Gasteiger partial charge in [0.1, 0.15) is 0 Å². The van der Waals surface area contributed by atoms with Gasteiger partial charge in [0.25, 0.3) is 5.91 Å². The fourth-order valence-electron chi connectivity index (χ4n) is 3.57. The second-order valence-corrected chi connectivity index (χ2v) is 6.52. The molecule has 3 aromatic rings. The maximum absolute atomic E-state index is 12.7. The molecular weight excluding hydrogens is 340 g/mol. The molecule has 0 saturated heterocycles. The van der Waals surface area contributed by atoms with E-state index in [1.54, 1.807) is 14.2 Å². The Labute approximate surface area is 159 Å². The maximum atomic E-state index is 12.7. The van der Waals surface area contributed by atoms with Gasteiger partial charge in [0.2, 0.25) is 0 Å². The first-order valence-electron chi connectivity index (χ1n) is 9.09. The normalized spacial score (nSPS) is 10.9. The minimum atomic E-state index is -0.108. The first kappa shape index (κ1) is 18.8. The summed E-state index contributed by atoms with van der Waals surface area (Å²) in [6.07, 6.45) is 0. The number of aromatic nitrogens is 1. The second-order valence-electron chi connectivity index (χ2n) is 6.52. The highest BCUT2D eigenvalue weighted by Crippen LogP contribution is 2.30. The molecule has 0 atom stereocenters. The first-order valence-corrected chi connectivity index (χ1v) is 9.09. The highest BCUT2D eigenvalue weighted by Gasteiger charge is 2.14. The fraction of sp³-hybridized carbons (Fsp3) is 0.318. The number of hydrogen-bond acceptors (Lipinski definition) is 3. The number of aryl methyl sites for hydroxylation is 2. The van der Waals surface area contributed by atoms with Crippen LogP contribution in [0, 0.1) is 13.8 Å². The number of rotatable bonds is 6. The summed E-state index contributed by atoms with van der Waals surface area (Å²) in [4.78, 5) is 12.7. The number of amides is 1. The van der Waals surface area contributed by atoms with Crippen molar-refractivity contribution in [1.29, 1.82) is 0 Å². The topological polar surface area (TPSA) is 52.5 Å². The molecule has 0 aliphatic rings. The van der Waals surface area contributed by atoms with Crippen LogP contribution in [-0.2, 0) is 13.1 Å². The lowest BCUT2D eigenvalue weighted by Gasteiger charge is -2.13. The Kier molecular flexibility index (Phi) is 5.40. The van der Waals surface area contributed by atoms with Gasteiger partial charge in [-0.05, 0) is 50.6 Å². The molecule has 0 saturated carbocycles. The van der Waals surface area contributed by atoms with Crippen LogP contribution >= 0.6 is 0 Å². The summed E-state index contributed by atoms with van der Waals surface area (Å²) in [6.45, 7) is 7.64. The number of benzene rings is 2. The van der Waals surface area contributed by atoms with E-state index in [2.05, 4.69) is 30.7 Å². The summed E-state index contributed by atoms with van der Waals surface area (Å²) in [5.41, 5.74) is 5.15. The number of ether oxygens (including phenoxy) is 2. The molecule has 0 aliphatic heterocycles. The molecule has 0 radical (unpaired) electrons. The van der Waals surface area contributed by atoms with Crippen LogP contribution in [0.25, 0.3) is 10.9 Å². The number of nitrogens with one attached hydrogen (secondary N) is 1. The van der Waals surface area contributed by atoms with Gasteiger partial charge < -0.3 is 19.4 Å². The fourth-order valence-corrected chi connectivity index (χ4v) is 3.57. The standard InChI is InChI=1S/C22H26N2O3/c1-6-24-15(3)14(2)18-12-16(10-11-19(18)24)22(25)23-13-17-8-7-9-20(26-4)21(17)27-5/h7-12H,6,13H2,1-5H3,(H,23,25). The largest absolute Gasteiger partial charge is 0.493 e. The van der Waals surface area contributed by atoms with E-state index in [0.717, 1.165) is 17.5 Å². The van der Waals surface area contributed by atoms with Crippen LogP contribution in [0.1, 0.15) is 34.1 Å². The van der Waals surface area contributed by atoms with Crippen molar-refractivity contribution in [2.75, 3.05) is 14.2 Å². The molecule has 27 heavy (non-hydrogen) atoms. The van der Waals surface area contributed by atoms with E-state index in [1.165, 1.54) is 16.8 Å². The zero-order valence-electron chi connectivity index (χ0n) is 16.6. The molecule has 0 spiro atoms. The lowest BCUT2D eigenvalue weighted by molar-refractivity contribution is 0.0950. The van der Waals surface area contributed by atoms with E-state index in [0.29, 0.717) is 23.6 Å². The van der Waals surface area contributed by atoms with Crippen LogP contribution in [0.3, 0.4) is 0 Å². The van der Waals surface area contributed by atoms with E-state index < -0.39 is 0 Å². The summed E-state index contributed by atoms with van der Waals surface area (Å²) in [5.74, 6) is 1.18. The molecule has 1 N–H and O–H groups in total. The zero-order chi connectivity index (χ0) is 19.6. The Bertz CT molecular complexity index is 989. The third-order valence-corrected chi connectivity index (χ3v) is 5.14. The average molecular weight is 366 g/mol. The number of para-hydroxylation sites is 1. The zero-order valence-corrected chi connectivity index (χ0v) is 16.6. The Morgan fingerprint density at radius 1 is 1.11 bits per heavy atom. The third kappa shape index (κ3) is 3.37. The van der Waals surface area contributed by atoms with Gasteiger partial charge >= 0.3 is 0 Å². The van der Waals surface area contributed by atoms with Gasteiger partial charge in [-0.3, -0.25) is 4.79 Å². The van der Waals surface area contributed by atoms with Crippen molar-refractivity contribution in [1.82, 2.24) is 9.88 Å². The molecule has 5 heteroatoms. The number of nitrogens with zero attached hydrogens (tertiary/aromatic N) is 1. The number of carbonyl (C=O) groups is 1. The van der Waals surface area contributed by atoms with Gasteiger partial charge in [-0.15, -0.1) is 0 Å². The van der Waals surface area contributed by atoms with Gasteiger partial charge in [-0.25, -0.2) is 0 Å². The predicted octanol–water partition coefficient (Wildman–Crippen LogP) is 4.23. The summed E-state index contributed by atoms with van der Waals surface area (Å²) in [5, 5.41) is 4.11. The quantitative estimate of drug-likeness (QED) is 0.710. The Hall–Kier alpha value is -2.95. The molecule has 2 aromatic carbocycles. The number of fused-ring (bicyclic) bond motifs is 1. The lowest BCUT2D eigenvalue weighted by Crippen LogP contribution is -2.23. The maximum Gasteiger partial charge on any atom is 0.251 e.